The fourth-order valence-corrected chi connectivity index (χ4v) is 5.28. The molecule has 0 amide bonds. The number of carbonyl (C=O) groups is 1. The van der Waals surface area contributed by atoms with Crippen molar-refractivity contribution in [3.8, 4) is 11.8 Å². The van der Waals surface area contributed by atoms with Gasteiger partial charge in [-0.15, -0.1) is 11.3 Å². The van der Waals surface area contributed by atoms with Crippen molar-refractivity contribution in [1.82, 2.24) is 4.98 Å². The van der Waals surface area contributed by atoms with Gasteiger partial charge < -0.3 is 10.1 Å². The van der Waals surface area contributed by atoms with Gasteiger partial charge in [0, 0.05) is 26.8 Å². The first-order valence-corrected chi connectivity index (χ1v) is 11.9. The monoisotopic (exact) mass is 488 g/mol. The van der Waals surface area contributed by atoms with Crippen molar-refractivity contribution >= 4 is 38.0 Å². The fraction of sp³-hybridized carbons (Fsp3) is 0.192. The van der Waals surface area contributed by atoms with Gasteiger partial charge in [-0.05, 0) is 62.1 Å². The SMILES string of the molecule is [2H]c1[nH]c2c([2H])c([2H])c(C)c([2H])c2c1C([2H])([2H])[C@]([2H])(CS(=O)(=O)c1ccc(C#Cc2c([2H])c([2H])c(C)c([2H])c2[2H])s1)C(=O)O. The van der Waals surface area contributed by atoms with Gasteiger partial charge in [0.25, 0.3) is 0 Å². The molecule has 33 heavy (non-hydrogen) atoms. The number of carboxylic acid groups (broad SMARTS) is 1. The molecule has 1 atom stereocenters. The van der Waals surface area contributed by atoms with Crippen molar-refractivity contribution < 1.29 is 33.4 Å². The molecule has 4 rings (SSSR count). The summed E-state index contributed by atoms with van der Waals surface area (Å²) < 4.78 is 117. The Morgan fingerprint density at radius 3 is 2.64 bits per heavy atom. The number of benzene rings is 2. The van der Waals surface area contributed by atoms with E-state index in [0.717, 1.165) is 6.07 Å². The van der Waals surface area contributed by atoms with E-state index in [1.807, 2.05) is 0 Å². The molecular formula is C26H23NO4S2. The molecule has 4 aromatic rings. The van der Waals surface area contributed by atoms with Gasteiger partial charge in [-0.25, -0.2) is 8.42 Å². The van der Waals surface area contributed by atoms with Gasteiger partial charge >= 0.3 is 5.97 Å². The standard InChI is InChI=1S/C26H23NO4S2/c1-17-3-6-19(7-4-17)8-9-22-10-12-25(32-22)33(30,31)16-21(26(28)29)14-20-15-27-24-11-5-18(2)13-23(20)24/h3-7,10-13,15,21,27H,14,16H2,1-2H3,(H,28,29)/t21-/m1/s1/i3D,4D,5D,6D,7D,11D,13D,14D2,15D,21D. The summed E-state index contributed by atoms with van der Waals surface area (Å²) in [5, 5.41) is 9.64. The highest BCUT2D eigenvalue weighted by atomic mass is 32.2. The second-order valence-electron chi connectivity index (χ2n) is 6.91. The lowest BCUT2D eigenvalue weighted by Crippen LogP contribution is -2.25. The number of aromatic amines is 1. The zero-order valence-corrected chi connectivity index (χ0v) is 19.0. The molecule has 2 aromatic carbocycles. The number of sulfone groups is 1. The Morgan fingerprint density at radius 1 is 1.18 bits per heavy atom. The number of carboxylic acids is 1. The number of H-pyrrole nitrogens is 1. The van der Waals surface area contributed by atoms with E-state index in [9.17, 15) is 18.3 Å². The van der Waals surface area contributed by atoms with E-state index >= 15 is 0 Å². The van der Waals surface area contributed by atoms with Crippen LogP contribution in [0, 0.1) is 31.6 Å². The highest BCUT2D eigenvalue weighted by molar-refractivity contribution is 7.93. The molecular weight excluding hydrogens is 454 g/mol. The summed E-state index contributed by atoms with van der Waals surface area (Å²) in [4.78, 5) is 14.9. The fourth-order valence-electron chi connectivity index (χ4n) is 2.74. The van der Waals surface area contributed by atoms with Gasteiger partial charge in [-0.1, -0.05) is 41.1 Å². The Kier molecular flexibility index (Phi) is 3.59. The van der Waals surface area contributed by atoms with Crippen LogP contribution in [-0.4, -0.2) is 30.2 Å². The summed E-state index contributed by atoms with van der Waals surface area (Å²) >= 11 is 0.561. The minimum atomic E-state index is -4.71. The number of thiophene rings is 1. The number of hydrogen-bond donors (Lipinski definition) is 2. The second-order valence-corrected chi connectivity index (χ2v) is 10.2. The number of aromatic nitrogens is 1. The van der Waals surface area contributed by atoms with Crippen molar-refractivity contribution in [3.05, 3.63) is 87.7 Å². The largest absolute Gasteiger partial charge is 0.481 e. The zero-order chi connectivity index (χ0) is 33.3. The van der Waals surface area contributed by atoms with Crippen LogP contribution in [0.1, 0.15) is 42.2 Å². The molecule has 5 nitrogen and oxygen atoms in total. The Balaban J connectivity index is 1.78. The third-order valence-electron chi connectivity index (χ3n) is 4.32. The van der Waals surface area contributed by atoms with Crippen molar-refractivity contribution in [2.24, 2.45) is 5.89 Å². The average molecular weight is 489 g/mol. The van der Waals surface area contributed by atoms with E-state index in [1.54, 1.807) is 0 Å². The van der Waals surface area contributed by atoms with Crippen LogP contribution in [0.5, 0.6) is 0 Å². The van der Waals surface area contributed by atoms with Gasteiger partial charge in [-0.2, -0.15) is 0 Å². The predicted octanol–water partition coefficient (Wildman–Crippen LogP) is 4.96. The molecule has 0 saturated carbocycles. The number of rotatable bonds is 6. The lowest BCUT2D eigenvalue weighted by atomic mass is 10.00. The van der Waals surface area contributed by atoms with Crippen LogP contribution in [0.25, 0.3) is 10.9 Å². The molecule has 0 aliphatic heterocycles. The van der Waals surface area contributed by atoms with E-state index in [4.69, 9.17) is 15.1 Å². The van der Waals surface area contributed by atoms with E-state index < -0.39 is 67.2 Å². The predicted molar refractivity (Wildman–Crippen MR) is 131 cm³/mol. The lowest BCUT2D eigenvalue weighted by Gasteiger charge is -2.12. The maximum atomic E-state index is 13.4. The highest BCUT2D eigenvalue weighted by Gasteiger charge is 2.28. The van der Waals surface area contributed by atoms with Gasteiger partial charge in [0.15, 0.2) is 9.84 Å². The first-order chi connectivity index (χ1) is 20.2. The van der Waals surface area contributed by atoms with Crippen molar-refractivity contribution in [3.63, 3.8) is 0 Å². The Labute approximate surface area is 212 Å². The van der Waals surface area contributed by atoms with Crippen LogP contribution in [0.15, 0.2) is 64.8 Å². The van der Waals surface area contributed by atoms with Crippen LogP contribution in [0.3, 0.4) is 0 Å². The Morgan fingerprint density at radius 2 is 1.91 bits per heavy atom. The number of hydrogen-bond acceptors (Lipinski definition) is 4. The molecule has 7 heteroatoms. The highest BCUT2D eigenvalue weighted by Crippen LogP contribution is 2.27. The third-order valence-corrected chi connectivity index (χ3v) is 7.54. The molecule has 0 spiro atoms. The molecule has 168 valence electrons. The summed E-state index contributed by atoms with van der Waals surface area (Å²) in [7, 11) is -4.71. The first-order valence-electron chi connectivity index (χ1n) is 14.9. The molecule has 0 aliphatic carbocycles. The van der Waals surface area contributed by atoms with Crippen LogP contribution in [-0.2, 0) is 21.0 Å². The maximum Gasteiger partial charge on any atom is 0.307 e. The topological polar surface area (TPSA) is 87.2 Å². The normalized spacial score (nSPS) is 18.4. The molecule has 2 N–H and O–H groups in total. The number of nitrogens with one attached hydrogen (secondary N) is 1. The van der Waals surface area contributed by atoms with Gasteiger partial charge in [-0.3, -0.25) is 4.79 Å². The minimum absolute atomic E-state index is 0.0529. The van der Waals surface area contributed by atoms with E-state index in [1.165, 1.54) is 19.9 Å². The molecule has 0 saturated heterocycles. The summed E-state index contributed by atoms with van der Waals surface area (Å²) in [5.74, 6) is -2.12. The van der Waals surface area contributed by atoms with Gasteiger partial charge in [0.05, 0.1) is 27.5 Å². The molecule has 2 heterocycles. The Hall–Kier alpha value is -3.34. The third kappa shape index (κ3) is 5.36. The summed E-state index contributed by atoms with van der Waals surface area (Å²) in [6.45, 7) is 2.74. The minimum Gasteiger partial charge on any atom is -0.481 e. The quantitative estimate of drug-likeness (QED) is 0.376. The van der Waals surface area contributed by atoms with Gasteiger partial charge in [0.2, 0.25) is 0 Å². The molecule has 0 bridgehead atoms. The molecule has 0 aliphatic rings. The van der Waals surface area contributed by atoms with E-state index in [-0.39, 0.29) is 57.3 Å². The van der Waals surface area contributed by atoms with Gasteiger partial charge in [0.1, 0.15) is 4.21 Å². The zero-order valence-electron chi connectivity index (χ0n) is 28.4. The summed E-state index contributed by atoms with van der Waals surface area (Å²) in [6, 6.07) is -0.313. The van der Waals surface area contributed by atoms with Crippen molar-refractivity contribution in [2.75, 3.05) is 5.75 Å². The second kappa shape index (κ2) is 9.26. The molecule has 0 radical (unpaired) electrons. The van der Waals surface area contributed by atoms with Crippen LogP contribution in [0.4, 0.5) is 0 Å². The van der Waals surface area contributed by atoms with Crippen LogP contribution in [0.2, 0.25) is 0 Å². The van der Waals surface area contributed by atoms with Crippen molar-refractivity contribution in [2.45, 2.75) is 24.4 Å². The van der Waals surface area contributed by atoms with Crippen LogP contribution < -0.4 is 0 Å². The number of fused-ring (bicyclic) bond motifs is 1. The Bertz CT molecular complexity index is 2030. The summed E-state index contributed by atoms with van der Waals surface area (Å²) in [6.07, 6.45) is -4.17. The molecule has 0 unspecified atom stereocenters. The van der Waals surface area contributed by atoms with E-state index in [0.29, 0.717) is 11.3 Å². The van der Waals surface area contributed by atoms with E-state index in [2.05, 4.69) is 16.8 Å². The first kappa shape index (κ1) is 12.8. The molecule has 2 aromatic heterocycles. The average Bonchev–Trinajstić information content (AvgIpc) is 3.58. The van der Waals surface area contributed by atoms with Crippen molar-refractivity contribution in [1.29, 1.82) is 0 Å². The summed E-state index contributed by atoms with van der Waals surface area (Å²) in [5.41, 5.74) is -1.22. The molecule has 0 fully saturated rings. The smallest absolute Gasteiger partial charge is 0.307 e. The number of aliphatic carboxylic acids is 1. The maximum absolute atomic E-state index is 13.4. The lowest BCUT2D eigenvalue weighted by molar-refractivity contribution is -0.140. The van der Waals surface area contributed by atoms with Crippen LogP contribution >= 0.6 is 11.3 Å².